The molecule has 2 atom stereocenters. The van der Waals surface area contributed by atoms with Crippen molar-refractivity contribution >= 4 is 38.5 Å². The minimum Gasteiger partial charge on any atom is -0.486 e. The van der Waals surface area contributed by atoms with Crippen molar-refractivity contribution in [2.75, 3.05) is 0 Å². The molecule has 2 rings (SSSR count). The first-order chi connectivity index (χ1) is 8.90. The van der Waals surface area contributed by atoms with Crippen LogP contribution >= 0.6 is 38.5 Å². The smallest absolute Gasteiger partial charge is 0.123 e. The molecular weight excluding hydrogens is 415 g/mol. The summed E-state index contributed by atoms with van der Waals surface area (Å²) in [5.41, 5.74) is 2.57. The van der Waals surface area contributed by atoms with E-state index in [2.05, 4.69) is 83.6 Å². The Morgan fingerprint density at radius 1 is 1.53 bits per heavy atom. The number of ether oxygens (including phenoxy) is 1. The summed E-state index contributed by atoms with van der Waals surface area (Å²) in [5.74, 6) is 1.05. The molecule has 0 radical (unpaired) electrons. The fourth-order valence-corrected chi connectivity index (χ4v) is 3.61. The van der Waals surface area contributed by atoms with Gasteiger partial charge in [0.1, 0.15) is 11.4 Å². The SMILES string of the molecule is CC(C)=CCCC1(C)Oc2ccc(I)cc2CC1Br. The van der Waals surface area contributed by atoms with E-state index in [4.69, 9.17) is 4.74 Å². The number of hydrogen-bond donors (Lipinski definition) is 0. The van der Waals surface area contributed by atoms with Gasteiger partial charge in [0.15, 0.2) is 0 Å². The third-order valence-electron chi connectivity index (χ3n) is 3.62. The summed E-state index contributed by atoms with van der Waals surface area (Å²) < 4.78 is 7.56. The Bertz CT molecular complexity index is 494. The lowest BCUT2D eigenvalue weighted by atomic mass is 9.88. The molecule has 0 aromatic heterocycles. The second kappa shape index (κ2) is 6.17. The zero-order valence-electron chi connectivity index (χ0n) is 11.7. The van der Waals surface area contributed by atoms with Gasteiger partial charge in [-0.3, -0.25) is 0 Å². The molecule has 1 aliphatic heterocycles. The molecule has 0 amide bonds. The van der Waals surface area contributed by atoms with Gasteiger partial charge >= 0.3 is 0 Å². The fraction of sp³-hybridized carbons (Fsp3) is 0.500. The molecule has 1 aromatic rings. The van der Waals surface area contributed by atoms with E-state index in [0.29, 0.717) is 4.83 Å². The Morgan fingerprint density at radius 2 is 2.26 bits per heavy atom. The van der Waals surface area contributed by atoms with Crippen molar-refractivity contribution in [3.63, 3.8) is 0 Å². The zero-order chi connectivity index (χ0) is 14.0. The van der Waals surface area contributed by atoms with Crippen molar-refractivity contribution in [2.24, 2.45) is 0 Å². The van der Waals surface area contributed by atoms with Crippen molar-refractivity contribution in [3.8, 4) is 5.75 Å². The summed E-state index contributed by atoms with van der Waals surface area (Å²) in [5, 5.41) is 0. The molecule has 0 saturated carbocycles. The molecule has 0 fully saturated rings. The van der Waals surface area contributed by atoms with Gasteiger partial charge in [-0.2, -0.15) is 0 Å². The summed E-state index contributed by atoms with van der Waals surface area (Å²) >= 11 is 6.18. The lowest BCUT2D eigenvalue weighted by Crippen LogP contribution is -2.45. The zero-order valence-corrected chi connectivity index (χ0v) is 15.4. The Morgan fingerprint density at radius 3 is 2.95 bits per heavy atom. The van der Waals surface area contributed by atoms with Gasteiger partial charge in [-0.15, -0.1) is 0 Å². The molecule has 0 bridgehead atoms. The number of alkyl halides is 1. The molecule has 0 spiro atoms. The van der Waals surface area contributed by atoms with Gasteiger partial charge in [-0.05, 0) is 86.4 Å². The van der Waals surface area contributed by atoms with E-state index in [9.17, 15) is 0 Å². The number of fused-ring (bicyclic) bond motifs is 1. The molecule has 1 nitrogen and oxygen atoms in total. The molecule has 1 aromatic carbocycles. The molecule has 1 aliphatic rings. The third kappa shape index (κ3) is 3.75. The van der Waals surface area contributed by atoms with Crippen molar-refractivity contribution in [1.82, 2.24) is 0 Å². The van der Waals surface area contributed by atoms with E-state index in [1.807, 2.05) is 0 Å². The first-order valence-corrected chi connectivity index (χ1v) is 8.65. The highest BCUT2D eigenvalue weighted by Crippen LogP contribution is 2.40. The van der Waals surface area contributed by atoms with Gasteiger partial charge in [-0.1, -0.05) is 27.6 Å². The Labute approximate surface area is 138 Å². The second-order valence-electron chi connectivity index (χ2n) is 5.66. The maximum atomic E-state index is 6.29. The van der Waals surface area contributed by atoms with Crippen LogP contribution in [0.3, 0.4) is 0 Å². The van der Waals surface area contributed by atoms with Gasteiger partial charge in [0.2, 0.25) is 0 Å². The average Bonchev–Trinajstić information content (AvgIpc) is 2.31. The average molecular weight is 435 g/mol. The predicted octanol–water partition coefficient (Wildman–Crippen LogP) is 5.49. The lowest BCUT2D eigenvalue weighted by molar-refractivity contribution is 0.0657. The number of allylic oxidation sites excluding steroid dienone is 2. The number of hydrogen-bond acceptors (Lipinski definition) is 1. The van der Waals surface area contributed by atoms with Crippen LogP contribution in [0, 0.1) is 3.57 Å². The second-order valence-corrected chi connectivity index (χ2v) is 8.01. The Balaban J connectivity index is 2.15. The third-order valence-corrected chi connectivity index (χ3v) is 5.58. The summed E-state index contributed by atoms with van der Waals surface area (Å²) in [6.07, 6.45) is 5.44. The maximum absolute atomic E-state index is 6.29. The Hall–Kier alpha value is -0.0300. The minimum absolute atomic E-state index is 0.119. The highest BCUT2D eigenvalue weighted by Gasteiger charge is 2.38. The monoisotopic (exact) mass is 434 g/mol. The van der Waals surface area contributed by atoms with E-state index in [1.165, 1.54) is 14.7 Å². The van der Waals surface area contributed by atoms with Crippen molar-refractivity contribution in [2.45, 2.75) is 50.5 Å². The van der Waals surface area contributed by atoms with E-state index >= 15 is 0 Å². The minimum atomic E-state index is -0.119. The van der Waals surface area contributed by atoms with Crippen molar-refractivity contribution < 1.29 is 4.74 Å². The highest BCUT2D eigenvalue weighted by atomic mass is 127. The van der Waals surface area contributed by atoms with Gasteiger partial charge in [0.25, 0.3) is 0 Å². The normalized spacial score (nSPS) is 25.4. The van der Waals surface area contributed by atoms with Gasteiger partial charge in [0.05, 0.1) is 4.83 Å². The largest absolute Gasteiger partial charge is 0.486 e. The molecular formula is C16H20BrIO. The predicted molar refractivity (Wildman–Crippen MR) is 93.3 cm³/mol. The Kier molecular flexibility index (Phi) is 4.99. The van der Waals surface area contributed by atoms with Gasteiger partial charge in [-0.25, -0.2) is 0 Å². The molecule has 2 unspecified atom stereocenters. The van der Waals surface area contributed by atoms with Crippen LogP contribution in [0.4, 0.5) is 0 Å². The molecule has 1 heterocycles. The van der Waals surface area contributed by atoms with Crippen LogP contribution in [-0.4, -0.2) is 10.4 Å². The van der Waals surface area contributed by atoms with Crippen LogP contribution in [0.2, 0.25) is 0 Å². The quantitative estimate of drug-likeness (QED) is 0.347. The fourth-order valence-electron chi connectivity index (χ4n) is 2.39. The molecule has 104 valence electrons. The first kappa shape index (κ1) is 15.4. The first-order valence-electron chi connectivity index (χ1n) is 6.65. The summed E-state index contributed by atoms with van der Waals surface area (Å²) in [6.45, 7) is 6.51. The molecule has 3 heteroatoms. The van der Waals surface area contributed by atoms with Crippen LogP contribution in [-0.2, 0) is 6.42 Å². The number of benzene rings is 1. The molecule has 0 aliphatic carbocycles. The van der Waals surface area contributed by atoms with E-state index in [1.54, 1.807) is 0 Å². The van der Waals surface area contributed by atoms with E-state index in [0.717, 1.165) is 25.0 Å². The van der Waals surface area contributed by atoms with Gasteiger partial charge < -0.3 is 4.74 Å². The van der Waals surface area contributed by atoms with Crippen LogP contribution in [0.15, 0.2) is 29.8 Å². The molecule has 0 N–H and O–H groups in total. The lowest BCUT2D eigenvalue weighted by Gasteiger charge is -2.40. The number of rotatable bonds is 3. The van der Waals surface area contributed by atoms with Crippen LogP contribution in [0.1, 0.15) is 39.2 Å². The van der Waals surface area contributed by atoms with E-state index in [-0.39, 0.29) is 5.60 Å². The van der Waals surface area contributed by atoms with Crippen LogP contribution < -0.4 is 4.74 Å². The summed E-state index contributed by atoms with van der Waals surface area (Å²) in [4.78, 5) is 0.372. The van der Waals surface area contributed by atoms with Crippen LogP contribution in [0.5, 0.6) is 5.75 Å². The summed E-state index contributed by atoms with van der Waals surface area (Å²) in [6, 6.07) is 6.44. The number of halogens is 2. The molecule has 0 saturated heterocycles. The van der Waals surface area contributed by atoms with Crippen molar-refractivity contribution in [1.29, 1.82) is 0 Å². The van der Waals surface area contributed by atoms with E-state index < -0.39 is 0 Å². The topological polar surface area (TPSA) is 9.23 Å². The standard InChI is InChI=1S/C16H20BrIO/c1-11(2)5-4-8-16(3)15(17)10-12-9-13(18)6-7-14(12)19-16/h5-7,9,15H,4,8,10H2,1-3H3. The van der Waals surface area contributed by atoms with Gasteiger partial charge in [0, 0.05) is 3.57 Å². The van der Waals surface area contributed by atoms with Crippen molar-refractivity contribution in [3.05, 3.63) is 39.0 Å². The maximum Gasteiger partial charge on any atom is 0.123 e. The molecule has 19 heavy (non-hydrogen) atoms. The summed E-state index contributed by atoms with van der Waals surface area (Å²) in [7, 11) is 0. The highest BCUT2D eigenvalue weighted by molar-refractivity contribution is 14.1. The van der Waals surface area contributed by atoms with Crippen LogP contribution in [0.25, 0.3) is 0 Å².